The maximum Gasteiger partial charge on any atom is 0.264 e. The number of anilines is 3. The predicted octanol–water partition coefficient (Wildman–Crippen LogP) is 1.82. The highest BCUT2D eigenvalue weighted by molar-refractivity contribution is 7.85. The van der Waals surface area contributed by atoms with Gasteiger partial charge in [0.25, 0.3) is 16.0 Å². The molecule has 1 amide bonds. The Balaban J connectivity index is 1.84. The maximum absolute atomic E-state index is 12.6. The second kappa shape index (κ2) is 5.78. The molecule has 1 fully saturated rings. The Morgan fingerprint density at radius 1 is 1.24 bits per heavy atom. The van der Waals surface area contributed by atoms with Gasteiger partial charge in [0.15, 0.2) is 5.82 Å². The second-order valence-electron chi connectivity index (χ2n) is 6.06. The molecule has 0 unspecified atom stereocenters. The monoisotopic (exact) mass is 360 g/mol. The molecular formula is C16H16N4O4S. The highest BCUT2D eigenvalue weighted by atomic mass is 32.2. The molecule has 0 aromatic carbocycles. The van der Waals surface area contributed by atoms with Gasteiger partial charge in [0.05, 0.1) is 24.1 Å². The summed E-state index contributed by atoms with van der Waals surface area (Å²) in [4.78, 5) is 23.4. The lowest BCUT2D eigenvalue weighted by Gasteiger charge is -2.24. The van der Waals surface area contributed by atoms with Crippen molar-refractivity contribution in [2.45, 2.75) is 25.5 Å². The maximum atomic E-state index is 12.6. The van der Waals surface area contributed by atoms with E-state index < -0.39 is 10.1 Å². The van der Waals surface area contributed by atoms with Crippen molar-refractivity contribution >= 4 is 33.3 Å². The fourth-order valence-electron chi connectivity index (χ4n) is 2.82. The van der Waals surface area contributed by atoms with Gasteiger partial charge in [-0.1, -0.05) is 0 Å². The van der Waals surface area contributed by atoms with Gasteiger partial charge in [-0.15, -0.1) is 0 Å². The van der Waals surface area contributed by atoms with Crippen LogP contribution in [0, 0.1) is 0 Å². The van der Waals surface area contributed by atoms with Crippen LogP contribution in [0.2, 0.25) is 0 Å². The first-order valence-corrected chi connectivity index (χ1v) is 9.63. The number of nitrogens with zero attached hydrogens (tertiary/aromatic N) is 3. The number of nitrogens with one attached hydrogen (secondary N) is 1. The SMILES string of the molecule is CS(=O)(=O)OCc1ccnc2c1NC(=O)c1cccnc1N2C1CC1. The van der Waals surface area contributed by atoms with E-state index in [4.69, 9.17) is 4.18 Å². The Kier molecular flexibility index (Phi) is 3.69. The summed E-state index contributed by atoms with van der Waals surface area (Å²) >= 11 is 0. The lowest BCUT2D eigenvalue weighted by atomic mass is 10.2. The zero-order chi connectivity index (χ0) is 17.6. The second-order valence-corrected chi connectivity index (χ2v) is 7.71. The minimum absolute atomic E-state index is 0.174. The minimum atomic E-state index is -3.60. The van der Waals surface area contributed by atoms with Crippen molar-refractivity contribution in [3.63, 3.8) is 0 Å². The molecule has 130 valence electrons. The summed E-state index contributed by atoms with van der Waals surface area (Å²) in [6, 6.07) is 5.28. The Morgan fingerprint density at radius 2 is 2.00 bits per heavy atom. The van der Waals surface area contributed by atoms with Gasteiger partial charge in [-0.3, -0.25) is 8.98 Å². The summed E-state index contributed by atoms with van der Waals surface area (Å²) < 4.78 is 27.5. The van der Waals surface area contributed by atoms with Crippen LogP contribution in [-0.2, 0) is 20.9 Å². The van der Waals surface area contributed by atoms with Crippen molar-refractivity contribution in [1.29, 1.82) is 0 Å². The third kappa shape index (κ3) is 3.08. The fraction of sp³-hybridized carbons (Fsp3) is 0.312. The number of amides is 1. The number of hydrogen-bond acceptors (Lipinski definition) is 7. The average Bonchev–Trinajstić information content (AvgIpc) is 3.39. The number of carbonyl (C=O) groups is 1. The number of pyridine rings is 2. The van der Waals surface area contributed by atoms with Crippen LogP contribution in [0.25, 0.3) is 0 Å². The quantitative estimate of drug-likeness (QED) is 0.830. The summed E-state index contributed by atoms with van der Waals surface area (Å²) in [5.74, 6) is 0.818. The number of fused-ring (bicyclic) bond motifs is 2. The van der Waals surface area contributed by atoms with E-state index in [-0.39, 0.29) is 18.6 Å². The van der Waals surface area contributed by atoms with E-state index in [2.05, 4.69) is 15.3 Å². The molecule has 2 aromatic heterocycles. The van der Waals surface area contributed by atoms with Crippen molar-refractivity contribution in [1.82, 2.24) is 9.97 Å². The zero-order valence-corrected chi connectivity index (χ0v) is 14.3. The predicted molar refractivity (Wildman–Crippen MR) is 91.2 cm³/mol. The molecule has 9 heteroatoms. The molecule has 1 N–H and O–H groups in total. The Morgan fingerprint density at radius 3 is 2.72 bits per heavy atom. The average molecular weight is 360 g/mol. The Bertz CT molecular complexity index is 956. The van der Waals surface area contributed by atoms with E-state index in [0.29, 0.717) is 28.5 Å². The molecule has 4 rings (SSSR count). The van der Waals surface area contributed by atoms with Crippen LogP contribution >= 0.6 is 0 Å². The van der Waals surface area contributed by atoms with Gasteiger partial charge in [0, 0.05) is 24.0 Å². The van der Waals surface area contributed by atoms with E-state index >= 15 is 0 Å². The normalized spacial score (nSPS) is 16.7. The van der Waals surface area contributed by atoms with E-state index in [9.17, 15) is 13.2 Å². The first kappa shape index (κ1) is 16.0. The summed E-state index contributed by atoms with van der Waals surface area (Å²) in [5, 5.41) is 2.84. The van der Waals surface area contributed by atoms with Gasteiger partial charge >= 0.3 is 0 Å². The fourth-order valence-corrected chi connectivity index (χ4v) is 3.17. The van der Waals surface area contributed by atoms with E-state index in [1.807, 2.05) is 4.90 Å². The highest BCUT2D eigenvalue weighted by Crippen LogP contribution is 2.43. The topological polar surface area (TPSA) is 101 Å². The van der Waals surface area contributed by atoms with Gasteiger partial charge in [0.1, 0.15) is 5.82 Å². The molecule has 25 heavy (non-hydrogen) atoms. The summed E-state index contributed by atoms with van der Waals surface area (Å²) in [5.41, 5.74) is 1.46. The van der Waals surface area contributed by atoms with Crippen LogP contribution in [0.4, 0.5) is 17.3 Å². The molecule has 2 aliphatic rings. The number of hydrogen-bond donors (Lipinski definition) is 1. The minimum Gasteiger partial charge on any atom is -0.318 e. The molecule has 3 heterocycles. The van der Waals surface area contributed by atoms with Crippen LogP contribution in [0.5, 0.6) is 0 Å². The van der Waals surface area contributed by atoms with Gasteiger partial charge in [-0.2, -0.15) is 8.42 Å². The molecule has 0 saturated heterocycles. The number of aromatic nitrogens is 2. The number of carbonyl (C=O) groups excluding carboxylic acids is 1. The van der Waals surface area contributed by atoms with Crippen molar-refractivity contribution < 1.29 is 17.4 Å². The highest BCUT2D eigenvalue weighted by Gasteiger charge is 2.38. The van der Waals surface area contributed by atoms with Crippen LogP contribution in [0.15, 0.2) is 30.6 Å². The first-order chi connectivity index (χ1) is 11.9. The molecule has 1 saturated carbocycles. The van der Waals surface area contributed by atoms with E-state index in [0.717, 1.165) is 19.1 Å². The third-order valence-corrected chi connectivity index (χ3v) is 4.63. The van der Waals surface area contributed by atoms with Crippen molar-refractivity contribution in [2.75, 3.05) is 16.5 Å². The molecule has 1 aliphatic carbocycles. The lowest BCUT2D eigenvalue weighted by molar-refractivity contribution is 0.102. The van der Waals surface area contributed by atoms with E-state index in [1.54, 1.807) is 30.6 Å². The molecule has 1 aliphatic heterocycles. The molecule has 0 atom stereocenters. The van der Waals surface area contributed by atoms with Crippen molar-refractivity contribution in [2.24, 2.45) is 0 Å². The molecule has 0 spiro atoms. The Labute approximate surface area is 145 Å². The standard InChI is InChI=1S/C16H16N4O4S/c1-25(22,23)24-9-10-6-8-18-15-13(10)19-16(21)12-3-2-7-17-14(12)20(15)11-4-5-11/h2-3,6-8,11H,4-5,9H2,1H3,(H,19,21). The summed E-state index contributed by atoms with van der Waals surface area (Å²) in [6.45, 7) is -0.174. The van der Waals surface area contributed by atoms with Crippen molar-refractivity contribution in [3.05, 3.63) is 41.7 Å². The third-order valence-electron chi connectivity index (χ3n) is 4.08. The van der Waals surface area contributed by atoms with Crippen LogP contribution in [-0.4, -0.2) is 36.6 Å². The van der Waals surface area contributed by atoms with Crippen molar-refractivity contribution in [3.8, 4) is 0 Å². The van der Waals surface area contributed by atoms with Crippen LogP contribution in [0.3, 0.4) is 0 Å². The lowest BCUT2D eigenvalue weighted by Crippen LogP contribution is -2.22. The zero-order valence-electron chi connectivity index (χ0n) is 13.5. The summed E-state index contributed by atoms with van der Waals surface area (Å²) in [7, 11) is -3.60. The van der Waals surface area contributed by atoms with Gasteiger partial charge < -0.3 is 10.2 Å². The van der Waals surface area contributed by atoms with Gasteiger partial charge in [-0.05, 0) is 31.0 Å². The summed E-state index contributed by atoms with van der Waals surface area (Å²) in [6.07, 6.45) is 6.17. The number of rotatable bonds is 4. The Hall–Kier alpha value is -2.52. The molecule has 0 bridgehead atoms. The molecular weight excluding hydrogens is 344 g/mol. The van der Waals surface area contributed by atoms with Crippen LogP contribution in [0.1, 0.15) is 28.8 Å². The molecule has 0 radical (unpaired) electrons. The van der Waals surface area contributed by atoms with Gasteiger partial charge in [-0.25, -0.2) is 9.97 Å². The van der Waals surface area contributed by atoms with E-state index in [1.165, 1.54) is 0 Å². The van der Waals surface area contributed by atoms with Crippen LogP contribution < -0.4 is 10.2 Å². The smallest absolute Gasteiger partial charge is 0.264 e. The van der Waals surface area contributed by atoms with Gasteiger partial charge in [0.2, 0.25) is 0 Å². The molecule has 2 aromatic rings. The molecule has 8 nitrogen and oxygen atoms in total. The largest absolute Gasteiger partial charge is 0.318 e. The first-order valence-electron chi connectivity index (χ1n) is 7.82.